The van der Waals surface area contributed by atoms with E-state index in [1.807, 2.05) is 0 Å². The monoisotopic (exact) mass is 331 g/mol. The zero-order chi connectivity index (χ0) is 17.4. The molecule has 1 saturated carbocycles. The van der Waals surface area contributed by atoms with E-state index in [-0.39, 0.29) is 29.1 Å². The third-order valence-electron chi connectivity index (χ3n) is 4.94. The van der Waals surface area contributed by atoms with Crippen molar-refractivity contribution in [3.63, 3.8) is 0 Å². The maximum absolute atomic E-state index is 13.3. The van der Waals surface area contributed by atoms with Gasteiger partial charge < -0.3 is 10.0 Å². The number of nitrogens with zero attached hydrogens (tertiary/aromatic N) is 1. The number of amides is 1. The van der Waals surface area contributed by atoms with E-state index in [9.17, 15) is 19.1 Å². The highest BCUT2D eigenvalue weighted by atomic mass is 19.1. The summed E-state index contributed by atoms with van der Waals surface area (Å²) in [6, 6.07) is 5.19. The van der Waals surface area contributed by atoms with Crippen LogP contribution in [0.3, 0.4) is 0 Å². The molecule has 1 atom stereocenters. The van der Waals surface area contributed by atoms with Crippen LogP contribution in [0.2, 0.25) is 0 Å². The van der Waals surface area contributed by atoms with Gasteiger partial charge in [-0.3, -0.25) is 9.59 Å². The van der Waals surface area contributed by atoms with Crippen LogP contribution in [0.25, 0.3) is 0 Å². The summed E-state index contributed by atoms with van der Waals surface area (Å²) in [5.74, 6) is -1.88. The van der Waals surface area contributed by atoms with Crippen LogP contribution in [0.5, 0.6) is 0 Å². The highest BCUT2D eigenvalue weighted by molar-refractivity contribution is 6.09. The molecular formula is C19H22FNO3. The normalized spacial score (nSPS) is 22.1. The van der Waals surface area contributed by atoms with Crippen LogP contribution < -0.4 is 0 Å². The van der Waals surface area contributed by atoms with E-state index < -0.39 is 17.7 Å². The van der Waals surface area contributed by atoms with Gasteiger partial charge in [-0.2, -0.15) is 0 Å². The van der Waals surface area contributed by atoms with Gasteiger partial charge in [0.15, 0.2) is 11.5 Å². The van der Waals surface area contributed by atoms with Crippen LogP contribution in [0.15, 0.2) is 35.6 Å². The quantitative estimate of drug-likeness (QED) is 0.915. The molecule has 24 heavy (non-hydrogen) atoms. The van der Waals surface area contributed by atoms with Crippen molar-refractivity contribution in [3.05, 3.63) is 47.0 Å². The van der Waals surface area contributed by atoms with E-state index in [2.05, 4.69) is 0 Å². The Morgan fingerprint density at radius 2 is 1.79 bits per heavy atom. The number of halogens is 1. The SMILES string of the molecule is CC(C)C(=O)C1=C(O)C(=O)N(C2CCCC2)C1c1ccc(F)cc1. The number of Topliss-reactive ketones (excluding diaryl/α,β-unsaturated/α-hetero) is 1. The number of rotatable bonds is 4. The Hall–Kier alpha value is -2.17. The molecule has 5 heteroatoms. The van der Waals surface area contributed by atoms with Crippen molar-refractivity contribution >= 4 is 11.7 Å². The maximum atomic E-state index is 13.3. The standard InChI is InChI=1S/C19H22FNO3/c1-11(2)17(22)15-16(12-7-9-13(20)10-8-12)21(19(24)18(15)23)14-5-3-4-6-14/h7-11,14,16,23H,3-6H2,1-2H3. The molecular weight excluding hydrogens is 309 g/mol. The maximum Gasteiger partial charge on any atom is 0.290 e. The minimum absolute atomic E-state index is 0.00663. The van der Waals surface area contributed by atoms with E-state index >= 15 is 0 Å². The lowest BCUT2D eigenvalue weighted by Gasteiger charge is -2.32. The zero-order valence-electron chi connectivity index (χ0n) is 14.0. The number of ketones is 1. The smallest absolute Gasteiger partial charge is 0.290 e. The molecule has 4 nitrogen and oxygen atoms in total. The summed E-state index contributed by atoms with van der Waals surface area (Å²) in [4.78, 5) is 26.9. The molecule has 0 radical (unpaired) electrons. The molecule has 0 saturated heterocycles. The molecule has 128 valence electrons. The van der Waals surface area contributed by atoms with Gasteiger partial charge in [-0.15, -0.1) is 0 Å². The van der Waals surface area contributed by atoms with Crippen molar-refractivity contribution in [2.24, 2.45) is 5.92 Å². The van der Waals surface area contributed by atoms with Crippen LogP contribution in [0, 0.1) is 11.7 Å². The fraction of sp³-hybridized carbons (Fsp3) is 0.474. The van der Waals surface area contributed by atoms with Crippen molar-refractivity contribution in [1.29, 1.82) is 0 Å². The van der Waals surface area contributed by atoms with Crippen LogP contribution in [0.4, 0.5) is 4.39 Å². The Labute approximate surface area is 141 Å². The fourth-order valence-electron chi connectivity index (χ4n) is 3.72. The van der Waals surface area contributed by atoms with E-state index in [0.717, 1.165) is 25.7 Å². The summed E-state index contributed by atoms with van der Waals surface area (Å²) in [6.45, 7) is 3.49. The Kier molecular flexibility index (Phi) is 4.43. The molecule has 1 aromatic rings. The average molecular weight is 331 g/mol. The summed E-state index contributed by atoms with van der Waals surface area (Å²) >= 11 is 0. The first-order valence-corrected chi connectivity index (χ1v) is 8.47. The van der Waals surface area contributed by atoms with Crippen molar-refractivity contribution in [2.45, 2.75) is 51.6 Å². The number of hydrogen-bond donors (Lipinski definition) is 1. The van der Waals surface area contributed by atoms with E-state index in [4.69, 9.17) is 0 Å². The van der Waals surface area contributed by atoms with Gasteiger partial charge in [-0.1, -0.05) is 38.8 Å². The molecule has 1 fully saturated rings. The van der Waals surface area contributed by atoms with Crippen molar-refractivity contribution in [1.82, 2.24) is 4.90 Å². The first-order valence-electron chi connectivity index (χ1n) is 8.47. The molecule has 1 heterocycles. The number of aliphatic hydroxyl groups excluding tert-OH is 1. The summed E-state index contributed by atoms with van der Waals surface area (Å²) in [7, 11) is 0. The molecule has 1 aliphatic carbocycles. The molecule has 2 aliphatic rings. The molecule has 1 aliphatic heterocycles. The van der Waals surface area contributed by atoms with Gasteiger partial charge >= 0.3 is 0 Å². The van der Waals surface area contributed by atoms with Crippen molar-refractivity contribution in [3.8, 4) is 0 Å². The second-order valence-electron chi connectivity index (χ2n) is 6.89. The highest BCUT2D eigenvalue weighted by Crippen LogP contribution is 2.43. The summed E-state index contributed by atoms with van der Waals surface area (Å²) in [6.07, 6.45) is 3.78. The van der Waals surface area contributed by atoms with E-state index in [1.165, 1.54) is 12.1 Å². The number of carbonyl (C=O) groups excluding carboxylic acids is 2. The predicted octanol–water partition coefficient (Wildman–Crippen LogP) is 3.69. The largest absolute Gasteiger partial charge is 0.503 e. The lowest BCUT2D eigenvalue weighted by molar-refractivity contribution is -0.131. The Morgan fingerprint density at radius 3 is 2.33 bits per heavy atom. The molecule has 1 N–H and O–H groups in total. The number of carbonyl (C=O) groups is 2. The van der Waals surface area contributed by atoms with Gasteiger partial charge in [0.1, 0.15) is 5.82 Å². The molecule has 0 bridgehead atoms. The van der Waals surface area contributed by atoms with Gasteiger partial charge in [0, 0.05) is 12.0 Å². The molecule has 1 amide bonds. The lowest BCUT2D eigenvalue weighted by Crippen LogP contribution is -2.38. The molecule has 0 aromatic heterocycles. The predicted molar refractivity (Wildman–Crippen MR) is 87.7 cm³/mol. The molecule has 3 rings (SSSR count). The van der Waals surface area contributed by atoms with Crippen molar-refractivity contribution < 1.29 is 19.1 Å². The van der Waals surface area contributed by atoms with Gasteiger partial charge in [-0.25, -0.2) is 4.39 Å². The first kappa shape index (κ1) is 16.7. The van der Waals surface area contributed by atoms with E-state index in [1.54, 1.807) is 30.9 Å². The number of benzene rings is 1. The lowest BCUT2D eigenvalue weighted by atomic mass is 9.90. The van der Waals surface area contributed by atoms with Crippen LogP contribution >= 0.6 is 0 Å². The number of hydrogen-bond acceptors (Lipinski definition) is 3. The molecule has 1 aromatic carbocycles. The average Bonchev–Trinajstić information content (AvgIpc) is 3.15. The third kappa shape index (κ3) is 2.72. The summed E-state index contributed by atoms with van der Waals surface area (Å²) < 4.78 is 13.3. The topological polar surface area (TPSA) is 57.6 Å². The number of aliphatic hydroxyl groups is 1. The summed E-state index contributed by atoms with van der Waals surface area (Å²) in [5.41, 5.74) is 0.804. The van der Waals surface area contributed by atoms with Crippen molar-refractivity contribution in [2.75, 3.05) is 0 Å². The zero-order valence-corrected chi connectivity index (χ0v) is 14.0. The fourth-order valence-corrected chi connectivity index (χ4v) is 3.72. The molecule has 1 unspecified atom stereocenters. The minimum atomic E-state index is -0.629. The Morgan fingerprint density at radius 1 is 1.21 bits per heavy atom. The highest BCUT2D eigenvalue weighted by Gasteiger charge is 2.47. The van der Waals surface area contributed by atoms with Gasteiger partial charge in [0.2, 0.25) is 0 Å². The van der Waals surface area contributed by atoms with Gasteiger partial charge in [-0.05, 0) is 30.5 Å². The van der Waals surface area contributed by atoms with E-state index in [0.29, 0.717) is 5.56 Å². The minimum Gasteiger partial charge on any atom is -0.503 e. The summed E-state index contributed by atoms with van der Waals surface area (Å²) in [5, 5.41) is 10.4. The second kappa shape index (κ2) is 6.38. The second-order valence-corrected chi connectivity index (χ2v) is 6.89. The van der Waals surface area contributed by atoms with Crippen LogP contribution in [-0.4, -0.2) is 27.7 Å². The first-order chi connectivity index (χ1) is 11.4. The van der Waals surface area contributed by atoms with Gasteiger partial charge in [0.25, 0.3) is 5.91 Å². The van der Waals surface area contributed by atoms with Crippen LogP contribution in [0.1, 0.15) is 51.1 Å². The van der Waals surface area contributed by atoms with Crippen LogP contribution in [-0.2, 0) is 9.59 Å². The Bertz CT molecular complexity index is 687. The molecule has 0 spiro atoms. The van der Waals surface area contributed by atoms with Gasteiger partial charge in [0.05, 0.1) is 11.6 Å². The third-order valence-corrected chi connectivity index (χ3v) is 4.94. The Balaban J connectivity index is 2.09.